The molecule has 1 atom stereocenters. The van der Waals surface area contributed by atoms with Crippen molar-refractivity contribution < 1.29 is 14.2 Å². The van der Waals surface area contributed by atoms with Gasteiger partial charge in [-0.2, -0.15) is 0 Å². The first-order valence-electron chi connectivity index (χ1n) is 9.24. The maximum Gasteiger partial charge on any atom is 0.236 e. The quantitative estimate of drug-likeness (QED) is 0.398. The number of hydrogen-bond donors (Lipinski definition) is 0. The van der Waals surface area contributed by atoms with Gasteiger partial charge in [0.2, 0.25) is 5.90 Å². The first kappa shape index (κ1) is 19.5. The summed E-state index contributed by atoms with van der Waals surface area (Å²) in [5.41, 5.74) is 3.25. The zero-order chi connectivity index (χ0) is 19.9. The molecule has 0 bridgehead atoms. The van der Waals surface area contributed by atoms with Gasteiger partial charge in [0, 0.05) is 0 Å². The highest BCUT2D eigenvalue weighted by atomic mass is 16.5. The Hall–Kier alpha value is -3.27. The third-order valence-electron chi connectivity index (χ3n) is 4.42. The Morgan fingerprint density at radius 3 is 2.11 bits per heavy atom. The Morgan fingerprint density at radius 2 is 1.46 bits per heavy atom. The summed E-state index contributed by atoms with van der Waals surface area (Å²) in [5, 5.41) is 0. The van der Waals surface area contributed by atoms with E-state index in [0.717, 1.165) is 22.9 Å². The fraction of sp³-hybridized carbons (Fsp3) is 0.208. The minimum Gasteiger partial charge on any atom is -0.497 e. The Labute approximate surface area is 166 Å². The van der Waals surface area contributed by atoms with E-state index in [9.17, 15) is 0 Å². The number of hydrogen-bond acceptors (Lipinski definition) is 4. The van der Waals surface area contributed by atoms with Crippen LogP contribution in [0.25, 0.3) is 0 Å². The molecular weight excluding hydrogens is 350 g/mol. The lowest BCUT2D eigenvalue weighted by Gasteiger charge is -2.18. The van der Waals surface area contributed by atoms with Gasteiger partial charge >= 0.3 is 0 Å². The molecule has 28 heavy (non-hydrogen) atoms. The third-order valence-corrected chi connectivity index (χ3v) is 4.42. The molecule has 0 saturated carbocycles. The summed E-state index contributed by atoms with van der Waals surface area (Å²) in [7, 11) is 1.64. The minimum absolute atomic E-state index is 0.379. The number of methoxy groups -OCH3 is 1. The molecule has 3 aromatic carbocycles. The van der Waals surface area contributed by atoms with Crippen LogP contribution in [0, 0.1) is 13.8 Å². The summed E-state index contributed by atoms with van der Waals surface area (Å²) in [6.45, 7) is 6.08. The van der Waals surface area contributed by atoms with Crippen LogP contribution in [0.1, 0.15) is 18.1 Å². The maximum absolute atomic E-state index is 6.07. The predicted octanol–water partition coefficient (Wildman–Crippen LogP) is 5.89. The van der Waals surface area contributed by atoms with Crippen LogP contribution < -0.4 is 14.2 Å². The van der Waals surface area contributed by atoms with Crippen LogP contribution in [-0.4, -0.2) is 19.1 Å². The van der Waals surface area contributed by atoms with Crippen LogP contribution in [-0.2, 0) is 0 Å². The van der Waals surface area contributed by atoms with E-state index in [1.807, 2.05) is 73.7 Å². The molecule has 1 unspecified atom stereocenters. The van der Waals surface area contributed by atoms with Crippen molar-refractivity contribution in [1.29, 1.82) is 0 Å². The monoisotopic (exact) mass is 375 g/mol. The number of benzene rings is 3. The van der Waals surface area contributed by atoms with Gasteiger partial charge < -0.3 is 14.2 Å². The summed E-state index contributed by atoms with van der Waals surface area (Å²) in [5.74, 6) is 2.71. The summed E-state index contributed by atoms with van der Waals surface area (Å²) in [4.78, 5) is 4.73. The van der Waals surface area contributed by atoms with Crippen LogP contribution in [0.3, 0.4) is 0 Å². The smallest absolute Gasteiger partial charge is 0.236 e. The second-order valence-corrected chi connectivity index (χ2v) is 6.57. The highest BCUT2D eigenvalue weighted by Crippen LogP contribution is 2.22. The average molecular weight is 375 g/mol. The van der Waals surface area contributed by atoms with Gasteiger partial charge in [-0.1, -0.05) is 24.3 Å². The standard InChI is InChI=1S/C24H25NO3/c1-17-10-11-20(16-18(17)2)25-24(28-22-8-6-5-7-9-22)19(3)27-23-14-12-21(26-4)13-15-23/h5-16,19H,1-4H3. The van der Waals surface area contributed by atoms with E-state index in [2.05, 4.69) is 19.9 Å². The van der Waals surface area contributed by atoms with E-state index in [0.29, 0.717) is 5.90 Å². The molecule has 0 saturated heterocycles. The zero-order valence-corrected chi connectivity index (χ0v) is 16.7. The molecule has 0 aliphatic rings. The number of para-hydroxylation sites is 1. The number of aliphatic imine (C=N–C) groups is 1. The Kier molecular flexibility index (Phi) is 6.33. The fourth-order valence-electron chi connectivity index (χ4n) is 2.64. The van der Waals surface area contributed by atoms with Gasteiger partial charge in [-0.25, -0.2) is 4.99 Å². The van der Waals surface area contributed by atoms with Gasteiger partial charge in [-0.05, 0) is 80.4 Å². The van der Waals surface area contributed by atoms with Crippen molar-refractivity contribution in [2.24, 2.45) is 4.99 Å². The highest BCUT2D eigenvalue weighted by molar-refractivity contribution is 5.85. The second-order valence-electron chi connectivity index (χ2n) is 6.57. The zero-order valence-electron chi connectivity index (χ0n) is 16.7. The fourth-order valence-corrected chi connectivity index (χ4v) is 2.64. The minimum atomic E-state index is -0.379. The first-order valence-corrected chi connectivity index (χ1v) is 9.24. The van der Waals surface area contributed by atoms with Crippen LogP contribution in [0.15, 0.2) is 77.8 Å². The van der Waals surface area contributed by atoms with Crippen molar-refractivity contribution in [3.8, 4) is 17.2 Å². The largest absolute Gasteiger partial charge is 0.497 e. The summed E-state index contributed by atoms with van der Waals surface area (Å²) in [6, 6.07) is 23.1. The molecule has 144 valence electrons. The molecule has 0 radical (unpaired) electrons. The molecule has 0 amide bonds. The lowest BCUT2D eigenvalue weighted by atomic mass is 10.1. The van der Waals surface area contributed by atoms with Gasteiger partial charge in [0.1, 0.15) is 17.2 Å². The summed E-state index contributed by atoms with van der Waals surface area (Å²) >= 11 is 0. The highest BCUT2D eigenvalue weighted by Gasteiger charge is 2.16. The SMILES string of the molecule is COc1ccc(OC(C)C(=Nc2ccc(C)c(C)c2)Oc2ccccc2)cc1. The van der Waals surface area contributed by atoms with Crippen molar-refractivity contribution >= 4 is 11.6 Å². The lowest BCUT2D eigenvalue weighted by molar-refractivity contribution is 0.262. The number of aryl methyl sites for hydroxylation is 2. The Bertz CT molecular complexity index is 934. The normalized spacial score (nSPS) is 12.4. The van der Waals surface area contributed by atoms with Crippen molar-refractivity contribution in [1.82, 2.24) is 0 Å². The molecule has 0 N–H and O–H groups in total. The number of rotatable bonds is 6. The number of nitrogens with zero attached hydrogens (tertiary/aromatic N) is 1. The van der Waals surface area contributed by atoms with Crippen molar-refractivity contribution in [2.75, 3.05) is 7.11 Å². The van der Waals surface area contributed by atoms with E-state index < -0.39 is 0 Å². The average Bonchev–Trinajstić information content (AvgIpc) is 2.71. The molecular formula is C24H25NO3. The lowest BCUT2D eigenvalue weighted by Crippen LogP contribution is -2.28. The number of ether oxygens (including phenoxy) is 3. The molecule has 0 aliphatic carbocycles. The molecule has 0 heterocycles. The van der Waals surface area contributed by atoms with Crippen molar-refractivity contribution in [2.45, 2.75) is 26.9 Å². The van der Waals surface area contributed by atoms with Crippen LogP contribution >= 0.6 is 0 Å². The third kappa shape index (κ3) is 5.13. The molecule has 0 aliphatic heterocycles. The van der Waals surface area contributed by atoms with Gasteiger partial charge in [-0.15, -0.1) is 0 Å². The predicted molar refractivity (Wildman–Crippen MR) is 113 cm³/mol. The van der Waals surface area contributed by atoms with Crippen LogP contribution in [0.4, 0.5) is 5.69 Å². The van der Waals surface area contributed by atoms with Crippen LogP contribution in [0.2, 0.25) is 0 Å². The van der Waals surface area contributed by atoms with E-state index in [4.69, 9.17) is 19.2 Å². The van der Waals surface area contributed by atoms with E-state index in [1.54, 1.807) is 7.11 Å². The van der Waals surface area contributed by atoms with E-state index in [-0.39, 0.29) is 6.10 Å². The Morgan fingerprint density at radius 1 is 0.786 bits per heavy atom. The topological polar surface area (TPSA) is 40.0 Å². The molecule has 4 nitrogen and oxygen atoms in total. The first-order chi connectivity index (χ1) is 13.5. The van der Waals surface area contributed by atoms with E-state index >= 15 is 0 Å². The van der Waals surface area contributed by atoms with Gasteiger partial charge in [0.25, 0.3) is 0 Å². The van der Waals surface area contributed by atoms with Gasteiger partial charge in [0.05, 0.1) is 12.8 Å². The van der Waals surface area contributed by atoms with Gasteiger partial charge in [0.15, 0.2) is 6.10 Å². The van der Waals surface area contributed by atoms with Crippen molar-refractivity contribution in [3.63, 3.8) is 0 Å². The summed E-state index contributed by atoms with van der Waals surface area (Å²) < 4.78 is 17.3. The molecule has 0 fully saturated rings. The van der Waals surface area contributed by atoms with Gasteiger partial charge in [-0.3, -0.25) is 0 Å². The molecule has 0 aromatic heterocycles. The second kappa shape index (κ2) is 9.09. The Balaban J connectivity index is 1.87. The molecule has 4 heteroatoms. The van der Waals surface area contributed by atoms with Crippen molar-refractivity contribution in [3.05, 3.63) is 83.9 Å². The molecule has 3 aromatic rings. The molecule has 0 spiro atoms. The molecule has 3 rings (SSSR count). The van der Waals surface area contributed by atoms with E-state index in [1.165, 1.54) is 11.1 Å². The maximum atomic E-state index is 6.07. The van der Waals surface area contributed by atoms with Crippen LogP contribution in [0.5, 0.6) is 17.2 Å². The summed E-state index contributed by atoms with van der Waals surface area (Å²) in [6.07, 6.45) is -0.379.